The average Bonchev–Trinajstić information content (AvgIpc) is 1.65. The molecule has 7 N–H and O–H groups in total. The summed E-state index contributed by atoms with van der Waals surface area (Å²) >= 11 is 6.25. The molecule has 125 heavy (non-hydrogen) atoms. The normalized spacial score (nSPS) is 22.3. The van der Waals surface area contributed by atoms with Crippen LogP contribution in [0.5, 0.6) is 23.0 Å². The lowest BCUT2D eigenvalue weighted by molar-refractivity contribution is -0.161. The summed E-state index contributed by atoms with van der Waals surface area (Å²) in [7, 11) is 3.16. The van der Waals surface area contributed by atoms with Gasteiger partial charge in [-0.05, 0) is 154 Å². The third-order valence-corrected chi connectivity index (χ3v) is 27.6. The molecular weight excluding hydrogens is 1610 g/mol. The van der Waals surface area contributed by atoms with Crippen molar-refractivity contribution in [3.63, 3.8) is 0 Å². The maximum atomic E-state index is 13.8. The second kappa shape index (κ2) is 50.8. The van der Waals surface area contributed by atoms with E-state index in [2.05, 4.69) is 144 Å². The Morgan fingerprint density at radius 3 is 1.56 bits per heavy atom. The van der Waals surface area contributed by atoms with E-state index in [0.717, 1.165) is 128 Å². The van der Waals surface area contributed by atoms with Crippen LogP contribution in [0.2, 0.25) is 0 Å². The van der Waals surface area contributed by atoms with Gasteiger partial charge in [-0.25, -0.2) is 0 Å². The monoisotopic (exact) mass is 1740 g/mol. The van der Waals surface area contributed by atoms with Crippen molar-refractivity contribution in [2.75, 3.05) is 38.8 Å². The smallest absolute Gasteiger partial charge is 0.310 e. The molecule has 21 heteroatoms. The highest BCUT2D eigenvalue weighted by Crippen LogP contribution is 2.55. The first-order valence-electron chi connectivity index (χ1n) is 45.5. The number of nitrogens with one attached hydrogen (secondary N) is 2. The standard InChI is InChI=1S/C38H53NO7S.C33H39NO3S.C33H40O7/c1-3-4-13-25(2)31(40)21-20-29-32(24-33-35(29)30-18-11-14-26(36(30)45-33)15-12-19-34(41)42)46-38(44)28-17-8-7-16-27(28)37(43)39-22-9-5-6-10-23-47;35-31(29-22-12-13-23-30(29)32(36)37)34-24-14-1-2-15-25-38-33(26-16-6-3-7-17-26,27-18-8-4-9-19-27)28-20-10-5-11-21-28;1-5-6-9-21(2)27(34)17-16-25-28(35)19-30-32(25)26-12-7-10-22(33(26)40-30)11-8-13-31(36)39-20-23-14-15-24(37-3)18-29(23)38-4/h11,14,18,20-21,25,27-29,31-33,35,40,47H,5-10,12-13,15-17,19,22-24H2,1-2H3,(H,39,43)(H,41,42);3-11,16-21,29-30H,1-2,12-15,22-25H2,(H,34,35)(H,36,37);7,10,12,14-18,21,25,27-28,30,32,34-35H,8-9,11,13,19-20H2,1-4H3/b21-20+;;17-16+/t25?,27?,28?,29-,31+,32?,33-,35-;;21?,25-,27+,28?,30-,32-/m0.0/s1. The van der Waals surface area contributed by atoms with Crippen molar-refractivity contribution in [2.24, 2.45) is 47.3 Å². The number of thiol groups is 1. The Balaban J connectivity index is 0.000000197. The Kier molecular flexibility index (Phi) is 39.7. The van der Waals surface area contributed by atoms with Gasteiger partial charge in [0.15, 0.2) is 0 Å². The van der Waals surface area contributed by atoms with Gasteiger partial charge in [-0.2, -0.15) is 12.6 Å². The van der Waals surface area contributed by atoms with Crippen LogP contribution in [0.4, 0.5) is 0 Å². The lowest BCUT2D eigenvalue weighted by Crippen LogP contribution is -2.41. The number of hydrogen-bond acceptors (Lipinski definition) is 17. The van der Waals surface area contributed by atoms with Gasteiger partial charge in [-0.3, -0.25) is 28.8 Å². The Morgan fingerprint density at radius 2 is 1.05 bits per heavy atom. The fraction of sp³-hybridized carbons (Fsp3) is 0.519. The second-order valence-electron chi connectivity index (χ2n) is 34.2. The van der Waals surface area contributed by atoms with Gasteiger partial charge in [0.25, 0.3) is 0 Å². The SMILES string of the molecule is CC#CCC(C)[C@H](O)/C=C/[C@H]1C(O)C[C@@H]2Oc3c(CCCC(=O)OCc4ccc(OC)cc4OC)cccc3[C@@H]21.CC#CCC(C)[C@H](O)/C=C/[C@H]1C(OC(=O)C2CCCCC2C(=O)NCCCCCCS)C[C@@H]2Oc3c(CCCC(=O)O)cccc3[C@@H]21.O=C(O)C1CCCCC1C(=O)NCCCCCCSC(c1ccccc1)(c1ccccc1)c1ccccc1. The van der Waals surface area contributed by atoms with Crippen molar-refractivity contribution in [3.8, 4) is 46.7 Å². The van der Waals surface area contributed by atoms with Gasteiger partial charge in [0, 0.05) is 98.0 Å². The fourth-order valence-corrected chi connectivity index (χ4v) is 20.5. The number of methoxy groups -OCH3 is 2. The third-order valence-electron chi connectivity index (χ3n) is 25.6. The number of aliphatic carboxylic acids is 2. The average molecular weight is 1750 g/mol. The second-order valence-corrected chi connectivity index (χ2v) is 36.0. The number of aliphatic hydroxyl groups is 3. The largest absolute Gasteiger partial charge is 0.497 e. The van der Waals surface area contributed by atoms with Crippen LogP contribution in [0.3, 0.4) is 0 Å². The molecule has 2 heterocycles. The molecule has 6 aromatic rings. The highest BCUT2D eigenvalue weighted by molar-refractivity contribution is 8.00. The maximum absolute atomic E-state index is 13.8. The highest BCUT2D eigenvalue weighted by Gasteiger charge is 2.53. The van der Waals surface area contributed by atoms with E-state index in [1.165, 1.54) is 16.7 Å². The molecule has 6 aromatic carbocycles. The fourth-order valence-electron chi connectivity index (χ4n) is 18.7. The number of rotatable bonds is 42. The number of ether oxygens (including phenoxy) is 6. The number of unbranched alkanes of at least 4 members (excludes halogenated alkanes) is 6. The number of carbonyl (C=O) groups excluding carboxylic acids is 4. The van der Waals surface area contributed by atoms with Crippen LogP contribution >= 0.6 is 24.4 Å². The van der Waals surface area contributed by atoms with Gasteiger partial charge >= 0.3 is 23.9 Å². The van der Waals surface area contributed by atoms with Gasteiger partial charge in [-0.15, -0.1) is 35.4 Å². The van der Waals surface area contributed by atoms with E-state index in [9.17, 15) is 49.2 Å². The molecule has 2 amide bonds. The van der Waals surface area contributed by atoms with Crippen LogP contribution in [0, 0.1) is 71.0 Å². The van der Waals surface area contributed by atoms with Crippen molar-refractivity contribution in [1.82, 2.24) is 10.6 Å². The predicted molar refractivity (Wildman–Crippen MR) is 494 cm³/mol. The highest BCUT2D eigenvalue weighted by atomic mass is 32.2. The summed E-state index contributed by atoms with van der Waals surface area (Å²) in [5.41, 5.74) is 8.79. The van der Waals surface area contributed by atoms with Crippen molar-refractivity contribution in [3.05, 3.63) is 214 Å². The Labute approximate surface area is 750 Å². The predicted octanol–water partition coefficient (Wildman–Crippen LogP) is 18.5. The minimum absolute atomic E-state index is 0.0155. The molecule has 0 spiro atoms. The summed E-state index contributed by atoms with van der Waals surface area (Å²) < 4.78 is 35.0. The summed E-state index contributed by atoms with van der Waals surface area (Å²) in [6, 6.07) is 49.9. The number of carbonyl (C=O) groups is 6. The Bertz CT molecular complexity index is 4520. The number of amides is 2. The molecule has 0 aromatic heterocycles. The van der Waals surface area contributed by atoms with E-state index < -0.39 is 54.1 Å². The first-order valence-corrected chi connectivity index (χ1v) is 47.1. The molecule has 6 aliphatic rings. The molecule has 0 saturated heterocycles. The van der Waals surface area contributed by atoms with E-state index in [4.69, 9.17) is 33.5 Å². The summed E-state index contributed by atoms with van der Waals surface area (Å²) in [5, 5.41) is 56.9. The van der Waals surface area contributed by atoms with Crippen LogP contribution in [-0.2, 0) is 62.4 Å². The number of carboxylic acids is 2. The van der Waals surface area contributed by atoms with Crippen molar-refractivity contribution < 1.29 is 82.7 Å². The zero-order chi connectivity index (χ0) is 89.0. The lowest BCUT2D eigenvalue weighted by atomic mass is 9.78. The molecule has 4 aliphatic carbocycles. The van der Waals surface area contributed by atoms with Gasteiger partial charge in [-0.1, -0.05) is 217 Å². The number of benzene rings is 6. The van der Waals surface area contributed by atoms with Gasteiger partial charge in [0.2, 0.25) is 11.8 Å². The molecular formula is C104H132N2O17S2. The third kappa shape index (κ3) is 27.3. The van der Waals surface area contributed by atoms with E-state index in [-0.39, 0.29) is 102 Å². The number of esters is 2. The van der Waals surface area contributed by atoms with Crippen LogP contribution in [0.1, 0.15) is 238 Å². The number of fused-ring (bicyclic) bond motifs is 6. The molecule has 19 nitrogen and oxygen atoms in total. The van der Waals surface area contributed by atoms with Crippen molar-refractivity contribution in [1.29, 1.82) is 0 Å². The molecule has 0 radical (unpaired) electrons. The Morgan fingerprint density at radius 1 is 0.560 bits per heavy atom. The quantitative estimate of drug-likeness (QED) is 0.00441. The van der Waals surface area contributed by atoms with E-state index >= 15 is 0 Å². The van der Waals surface area contributed by atoms with Gasteiger partial charge in [0.1, 0.15) is 47.9 Å². The minimum Gasteiger partial charge on any atom is -0.497 e. The number of hydrogen-bond donors (Lipinski definition) is 8. The van der Waals surface area contributed by atoms with Crippen molar-refractivity contribution in [2.45, 2.75) is 254 Å². The Hall–Kier alpha value is -9.48. The molecule has 12 rings (SSSR count). The number of para-hydroxylation sites is 2. The molecule has 672 valence electrons. The molecule has 4 fully saturated rings. The number of aryl methyl sites for hydroxylation is 2. The zero-order valence-electron chi connectivity index (χ0n) is 73.8. The van der Waals surface area contributed by atoms with Gasteiger partial charge in [0.05, 0.1) is 61.0 Å². The van der Waals surface area contributed by atoms with Gasteiger partial charge < -0.3 is 64.6 Å². The number of thioether (sulfide) groups is 1. The van der Waals surface area contributed by atoms with Crippen LogP contribution in [-0.4, -0.2) is 137 Å². The first-order chi connectivity index (χ1) is 60.7. The minimum atomic E-state index is -0.833. The molecule has 4 saturated carbocycles. The van der Waals surface area contributed by atoms with E-state index in [1.54, 1.807) is 46.3 Å². The molecule has 0 bridgehead atoms. The van der Waals surface area contributed by atoms with E-state index in [0.29, 0.717) is 102 Å². The van der Waals surface area contributed by atoms with Crippen LogP contribution < -0.4 is 29.6 Å². The molecule has 8 unspecified atom stereocenters. The van der Waals surface area contributed by atoms with E-state index in [1.807, 2.05) is 80.2 Å². The summed E-state index contributed by atoms with van der Waals surface area (Å²) in [4.78, 5) is 74.7. The summed E-state index contributed by atoms with van der Waals surface area (Å²) in [6.07, 6.45) is 24.5. The summed E-state index contributed by atoms with van der Waals surface area (Å²) in [5.74, 6) is 12.1. The molecule has 2 aliphatic heterocycles. The number of carboxylic acid groups (broad SMARTS) is 2. The topological polar surface area (TPSA) is 283 Å². The number of aliphatic hydroxyl groups excluding tert-OH is 3. The molecule has 16 atom stereocenters. The summed E-state index contributed by atoms with van der Waals surface area (Å²) in [6.45, 7) is 8.88. The first kappa shape index (κ1) is 97.7. The van der Waals surface area contributed by atoms with Crippen LogP contribution in [0.15, 0.2) is 170 Å². The zero-order valence-corrected chi connectivity index (χ0v) is 75.5. The van der Waals surface area contributed by atoms with Crippen molar-refractivity contribution >= 4 is 60.1 Å². The lowest BCUT2D eigenvalue weighted by Gasteiger charge is -2.35. The maximum Gasteiger partial charge on any atom is 0.310 e. The van der Waals surface area contributed by atoms with Crippen LogP contribution in [0.25, 0.3) is 0 Å².